The lowest BCUT2D eigenvalue weighted by molar-refractivity contribution is 0.384. The zero-order chi connectivity index (χ0) is 20.6. The second-order valence-electron chi connectivity index (χ2n) is 6.85. The first kappa shape index (κ1) is 20.3. The van der Waals surface area contributed by atoms with E-state index in [-0.39, 0.29) is 9.92 Å². The molecule has 0 bridgehead atoms. The lowest BCUT2D eigenvalue weighted by Gasteiger charge is -2.33. The molecule has 29 heavy (non-hydrogen) atoms. The number of aromatic nitrogens is 1. The van der Waals surface area contributed by atoms with Crippen LogP contribution in [0.25, 0.3) is 11.3 Å². The van der Waals surface area contributed by atoms with Gasteiger partial charge in [-0.1, -0.05) is 35.4 Å². The summed E-state index contributed by atoms with van der Waals surface area (Å²) in [5, 5.41) is 2.70. The number of benzene rings is 2. The standard InChI is InChI=1S/C20H19ClFN3O2S2/c1-14-3-2-4-15(11-14)19-13-28-20(23-19)24-7-9-25(10-8-24)29(26,27)16-5-6-18(22)17(21)12-16/h2-6,11-13H,7-10H2,1H3. The number of hydrogen-bond donors (Lipinski definition) is 0. The van der Waals surface area contributed by atoms with Crippen LogP contribution in [0.3, 0.4) is 0 Å². The molecule has 0 aliphatic carbocycles. The summed E-state index contributed by atoms with van der Waals surface area (Å²) in [5.41, 5.74) is 3.17. The first-order chi connectivity index (χ1) is 13.8. The zero-order valence-electron chi connectivity index (χ0n) is 15.7. The number of rotatable bonds is 4. The van der Waals surface area contributed by atoms with Crippen molar-refractivity contribution >= 4 is 38.1 Å². The van der Waals surface area contributed by atoms with Crippen LogP contribution in [0.1, 0.15) is 5.56 Å². The lowest BCUT2D eigenvalue weighted by Crippen LogP contribution is -2.48. The molecule has 0 unspecified atom stereocenters. The van der Waals surface area contributed by atoms with Crippen molar-refractivity contribution in [1.29, 1.82) is 0 Å². The van der Waals surface area contributed by atoms with Gasteiger partial charge in [0.25, 0.3) is 0 Å². The topological polar surface area (TPSA) is 53.5 Å². The maximum atomic E-state index is 13.4. The maximum absolute atomic E-state index is 13.4. The van der Waals surface area contributed by atoms with Gasteiger partial charge < -0.3 is 4.90 Å². The molecule has 1 aromatic heterocycles. The minimum absolute atomic E-state index is 0.00772. The molecular weight excluding hydrogens is 433 g/mol. The van der Waals surface area contributed by atoms with Gasteiger partial charge in [-0.25, -0.2) is 17.8 Å². The van der Waals surface area contributed by atoms with Gasteiger partial charge in [0.1, 0.15) is 5.82 Å². The van der Waals surface area contributed by atoms with Crippen molar-refractivity contribution in [3.63, 3.8) is 0 Å². The number of anilines is 1. The second kappa shape index (κ2) is 8.02. The van der Waals surface area contributed by atoms with Gasteiger partial charge in [0.2, 0.25) is 10.0 Å². The minimum Gasteiger partial charge on any atom is -0.345 e. The van der Waals surface area contributed by atoms with Crippen LogP contribution in [-0.2, 0) is 10.0 Å². The molecule has 2 aromatic carbocycles. The van der Waals surface area contributed by atoms with Gasteiger partial charge in [0.05, 0.1) is 15.6 Å². The number of nitrogens with zero attached hydrogens (tertiary/aromatic N) is 3. The van der Waals surface area contributed by atoms with Gasteiger partial charge in [0, 0.05) is 37.1 Å². The summed E-state index contributed by atoms with van der Waals surface area (Å²) < 4.78 is 40.4. The van der Waals surface area contributed by atoms with Crippen molar-refractivity contribution < 1.29 is 12.8 Å². The largest absolute Gasteiger partial charge is 0.345 e. The van der Waals surface area contributed by atoms with E-state index in [0.717, 1.165) is 28.5 Å². The van der Waals surface area contributed by atoms with Crippen LogP contribution in [0.2, 0.25) is 5.02 Å². The van der Waals surface area contributed by atoms with Gasteiger partial charge in [-0.05, 0) is 31.2 Å². The monoisotopic (exact) mass is 451 g/mol. The van der Waals surface area contributed by atoms with E-state index in [9.17, 15) is 12.8 Å². The van der Waals surface area contributed by atoms with Crippen LogP contribution >= 0.6 is 22.9 Å². The van der Waals surface area contributed by atoms with Crippen LogP contribution in [0, 0.1) is 12.7 Å². The van der Waals surface area contributed by atoms with E-state index in [0.29, 0.717) is 26.2 Å². The van der Waals surface area contributed by atoms with E-state index in [4.69, 9.17) is 16.6 Å². The van der Waals surface area contributed by atoms with Gasteiger partial charge >= 0.3 is 0 Å². The van der Waals surface area contributed by atoms with Gasteiger partial charge in [0.15, 0.2) is 5.13 Å². The van der Waals surface area contributed by atoms with Gasteiger partial charge in [-0.3, -0.25) is 0 Å². The molecule has 9 heteroatoms. The Hall–Kier alpha value is -2.00. The Morgan fingerprint density at radius 1 is 1.10 bits per heavy atom. The highest BCUT2D eigenvalue weighted by atomic mass is 35.5. The normalized spacial score (nSPS) is 15.6. The Morgan fingerprint density at radius 2 is 1.86 bits per heavy atom. The van der Waals surface area contributed by atoms with Crippen molar-refractivity contribution in [2.45, 2.75) is 11.8 Å². The fourth-order valence-electron chi connectivity index (χ4n) is 3.25. The molecule has 1 aliphatic rings. The Bertz CT molecular complexity index is 1140. The number of piperazine rings is 1. The van der Waals surface area contributed by atoms with E-state index in [1.54, 1.807) is 11.3 Å². The fourth-order valence-corrected chi connectivity index (χ4v) is 5.84. The molecule has 0 N–H and O–H groups in total. The second-order valence-corrected chi connectivity index (χ2v) is 10.0. The van der Waals surface area contributed by atoms with E-state index >= 15 is 0 Å². The molecule has 1 aliphatic heterocycles. The molecule has 2 heterocycles. The Balaban J connectivity index is 1.46. The van der Waals surface area contributed by atoms with Crippen LogP contribution in [0.4, 0.5) is 9.52 Å². The third-order valence-electron chi connectivity index (χ3n) is 4.84. The highest BCUT2D eigenvalue weighted by Crippen LogP contribution is 2.29. The molecule has 4 rings (SSSR count). The quantitative estimate of drug-likeness (QED) is 0.589. The van der Waals surface area contributed by atoms with Gasteiger partial charge in [-0.15, -0.1) is 11.3 Å². The summed E-state index contributed by atoms with van der Waals surface area (Å²) in [5.74, 6) is -0.636. The SMILES string of the molecule is Cc1cccc(-c2csc(N3CCN(S(=O)(=O)c4ccc(F)c(Cl)c4)CC3)n2)c1. The minimum atomic E-state index is -3.71. The lowest BCUT2D eigenvalue weighted by atomic mass is 10.1. The van der Waals surface area contributed by atoms with Crippen molar-refractivity contribution in [2.75, 3.05) is 31.1 Å². The molecule has 0 atom stereocenters. The highest BCUT2D eigenvalue weighted by Gasteiger charge is 2.30. The van der Waals surface area contributed by atoms with Gasteiger partial charge in [-0.2, -0.15) is 4.31 Å². The maximum Gasteiger partial charge on any atom is 0.243 e. The fraction of sp³-hybridized carbons (Fsp3) is 0.250. The molecule has 5 nitrogen and oxygen atoms in total. The zero-order valence-corrected chi connectivity index (χ0v) is 18.1. The molecule has 0 saturated carbocycles. The number of halogens is 2. The summed E-state index contributed by atoms with van der Waals surface area (Å²) in [6.45, 7) is 3.78. The number of thiazole rings is 1. The van der Waals surface area contributed by atoms with E-state index in [1.165, 1.54) is 15.9 Å². The summed E-state index contributed by atoms with van der Waals surface area (Å²) >= 11 is 7.30. The van der Waals surface area contributed by atoms with Crippen LogP contribution in [0.5, 0.6) is 0 Å². The smallest absolute Gasteiger partial charge is 0.243 e. The molecule has 1 saturated heterocycles. The van der Waals surface area contributed by atoms with Crippen molar-refractivity contribution in [1.82, 2.24) is 9.29 Å². The van der Waals surface area contributed by atoms with Crippen molar-refractivity contribution in [3.8, 4) is 11.3 Å². The highest BCUT2D eigenvalue weighted by molar-refractivity contribution is 7.89. The molecule has 152 valence electrons. The summed E-state index contributed by atoms with van der Waals surface area (Å²) in [6.07, 6.45) is 0. The molecule has 0 radical (unpaired) electrons. The molecule has 1 fully saturated rings. The van der Waals surface area contributed by atoms with E-state index in [1.807, 2.05) is 30.5 Å². The number of aryl methyl sites for hydroxylation is 1. The molecule has 3 aromatic rings. The van der Waals surface area contributed by atoms with E-state index in [2.05, 4.69) is 11.0 Å². The Morgan fingerprint density at radius 3 is 2.55 bits per heavy atom. The summed E-state index contributed by atoms with van der Waals surface area (Å²) in [6, 6.07) is 11.7. The first-order valence-corrected chi connectivity index (χ1v) is 11.8. The predicted octanol–water partition coefficient (Wildman–Crippen LogP) is 4.42. The van der Waals surface area contributed by atoms with Crippen LogP contribution in [0.15, 0.2) is 52.7 Å². The van der Waals surface area contributed by atoms with Crippen LogP contribution in [-0.4, -0.2) is 43.9 Å². The van der Waals surface area contributed by atoms with Crippen LogP contribution < -0.4 is 4.90 Å². The average Bonchev–Trinajstić information content (AvgIpc) is 3.20. The third-order valence-corrected chi connectivity index (χ3v) is 7.93. The molecule has 0 spiro atoms. The predicted molar refractivity (Wildman–Crippen MR) is 115 cm³/mol. The first-order valence-electron chi connectivity index (χ1n) is 9.07. The van der Waals surface area contributed by atoms with E-state index < -0.39 is 15.8 Å². The Kier molecular flexibility index (Phi) is 5.61. The van der Waals surface area contributed by atoms with Crippen molar-refractivity contribution in [2.24, 2.45) is 0 Å². The van der Waals surface area contributed by atoms with Crippen molar-refractivity contribution in [3.05, 3.63) is 64.2 Å². The molecular formula is C20H19ClFN3O2S2. The average molecular weight is 452 g/mol. The Labute approximate surface area is 178 Å². The molecule has 0 amide bonds. The number of hydrogen-bond acceptors (Lipinski definition) is 5. The summed E-state index contributed by atoms with van der Waals surface area (Å²) in [7, 11) is -3.71. The summed E-state index contributed by atoms with van der Waals surface area (Å²) in [4.78, 5) is 6.83. The number of sulfonamides is 1. The third kappa shape index (κ3) is 4.16.